The highest BCUT2D eigenvalue weighted by Crippen LogP contribution is 2.54. The molecule has 2 saturated carbocycles. The van der Waals surface area contributed by atoms with Crippen molar-refractivity contribution in [3.05, 3.63) is 45.2 Å². The van der Waals surface area contributed by atoms with E-state index in [1.807, 2.05) is 0 Å². The lowest BCUT2D eigenvalue weighted by atomic mass is 9.57. The molecule has 0 aliphatic heterocycles. The van der Waals surface area contributed by atoms with E-state index in [1.54, 1.807) is 11.9 Å². The van der Waals surface area contributed by atoms with Gasteiger partial charge in [-0.3, -0.25) is 19.3 Å². The fraction of sp³-hybridized carbons (Fsp3) is 0.552. The van der Waals surface area contributed by atoms with Crippen LogP contribution < -0.4 is 5.73 Å². The van der Waals surface area contributed by atoms with E-state index < -0.39 is 93.1 Å². The molecule has 0 saturated heterocycles. The summed E-state index contributed by atoms with van der Waals surface area (Å²) < 4.78 is 44.0. The maximum atomic E-state index is 14.7. The number of rotatable bonds is 6. The van der Waals surface area contributed by atoms with Crippen LogP contribution in [0.1, 0.15) is 47.9 Å². The summed E-state index contributed by atoms with van der Waals surface area (Å²) in [5, 5.41) is 44.7. The van der Waals surface area contributed by atoms with Crippen LogP contribution in [0.3, 0.4) is 0 Å². The van der Waals surface area contributed by atoms with Crippen LogP contribution >= 0.6 is 0 Å². The third kappa shape index (κ3) is 4.40. The molecular formula is C29H34F3N3O7. The topological polar surface area (TPSA) is 165 Å². The van der Waals surface area contributed by atoms with Gasteiger partial charge in [0, 0.05) is 24.6 Å². The largest absolute Gasteiger partial charge is 0.508 e. The highest BCUT2D eigenvalue weighted by Gasteiger charge is 2.64. The van der Waals surface area contributed by atoms with Gasteiger partial charge in [-0.05, 0) is 75.9 Å². The van der Waals surface area contributed by atoms with Gasteiger partial charge < -0.3 is 31.1 Å². The molecule has 4 aliphatic rings. The van der Waals surface area contributed by atoms with Crippen LogP contribution in [0.25, 0.3) is 5.76 Å². The first-order chi connectivity index (χ1) is 19.5. The maximum absolute atomic E-state index is 14.7. The summed E-state index contributed by atoms with van der Waals surface area (Å²) >= 11 is 0. The molecule has 4 atom stereocenters. The zero-order chi connectivity index (χ0) is 31.0. The summed E-state index contributed by atoms with van der Waals surface area (Å²) in [6.45, 7) is 0.480. The second-order valence-electron chi connectivity index (χ2n) is 12.2. The molecule has 4 aliphatic carbocycles. The smallest absolute Gasteiger partial charge is 0.417 e. The molecule has 0 heterocycles. The van der Waals surface area contributed by atoms with Gasteiger partial charge in [0.25, 0.3) is 5.91 Å². The van der Waals surface area contributed by atoms with Crippen LogP contribution in [0, 0.1) is 17.8 Å². The number of primary amides is 1. The number of ketones is 2. The number of aliphatic hydroxyl groups excluding tert-OH is 2. The van der Waals surface area contributed by atoms with Crippen LogP contribution in [0.5, 0.6) is 5.75 Å². The zero-order valence-electron chi connectivity index (χ0n) is 23.5. The van der Waals surface area contributed by atoms with E-state index in [9.17, 15) is 48.0 Å². The van der Waals surface area contributed by atoms with Gasteiger partial charge in [-0.15, -0.1) is 0 Å². The van der Waals surface area contributed by atoms with Crippen molar-refractivity contribution in [2.75, 3.05) is 27.7 Å². The summed E-state index contributed by atoms with van der Waals surface area (Å²) in [6.07, 6.45) is -2.52. The van der Waals surface area contributed by atoms with Gasteiger partial charge in [0.05, 0.1) is 17.2 Å². The molecule has 1 amide bonds. The number of carbonyl (C=O) groups is 3. The molecule has 5 rings (SSSR count). The van der Waals surface area contributed by atoms with Gasteiger partial charge in [-0.2, -0.15) is 13.2 Å². The van der Waals surface area contributed by atoms with Crippen LogP contribution in [-0.2, 0) is 33.5 Å². The number of amides is 1. The Labute approximate surface area is 239 Å². The average Bonchev–Trinajstić information content (AvgIpc) is 2.82. The molecule has 0 bridgehead atoms. The zero-order valence-corrected chi connectivity index (χ0v) is 23.5. The number of likely N-dealkylation sites (N-methyl/N-ethyl adjacent to an activating group) is 1. The highest BCUT2D eigenvalue weighted by molar-refractivity contribution is 6.24. The van der Waals surface area contributed by atoms with E-state index >= 15 is 0 Å². The first kappa shape index (κ1) is 30.1. The van der Waals surface area contributed by atoms with Crippen molar-refractivity contribution >= 4 is 23.2 Å². The number of alkyl halides is 3. The van der Waals surface area contributed by atoms with E-state index in [0.717, 1.165) is 25.3 Å². The molecule has 0 spiro atoms. The number of aromatic hydroxyl groups is 1. The van der Waals surface area contributed by atoms with Gasteiger partial charge in [0.1, 0.15) is 22.8 Å². The Hall–Kier alpha value is -3.42. The number of phenolic OH excluding ortho intramolecular Hbond substituents is 1. The van der Waals surface area contributed by atoms with Gasteiger partial charge >= 0.3 is 6.18 Å². The number of halogens is 3. The number of fused-ring (bicyclic) bond motifs is 3. The fourth-order valence-corrected chi connectivity index (χ4v) is 7.33. The molecule has 2 fully saturated rings. The molecule has 10 nitrogen and oxygen atoms in total. The van der Waals surface area contributed by atoms with Crippen molar-refractivity contribution in [1.29, 1.82) is 0 Å². The second-order valence-corrected chi connectivity index (χ2v) is 12.2. The van der Waals surface area contributed by atoms with Crippen LogP contribution in [0.2, 0.25) is 0 Å². The average molecular weight is 594 g/mol. The van der Waals surface area contributed by atoms with Crippen LogP contribution in [-0.4, -0.2) is 87.0 Å². The Morgan fingerprint density at radius 2 is 1.79 bits per heavy atom. The first-order valence-corrected chi connectivity index (χ1v) is 13.8. The number of hydrogen-bond acceptors (Lipinski definition) is 9. The van der Waals surface area contributed by atoms with E-state index in [2.05, 4.69) is 0 Å². The van der Waals surface area contributed by atoms with E-state index in [-0.39, 0.29) is 24.1 Å². The lowest BCUT2D eigenvalue weighted by Gasteiger charge is -2.50. The molecule has 1 aromatic carbocycles. The van der Waals surface area contributed by atoms with Crippen molar-refractivity contribution in [2.24, 2.45) is 23.5 Å². The van der Waals surface area contributed by atoms with E-state index in [0.29, 0.717) is 12.5 Å². The van der Waals surface area contributed by atoms with Crippen molar-refractivity contribution in [3.63, 3.8) is 0 Å². The summed E-state index contributed by atoms with van der Waals surface area (Å²) in [7, 11) is 4.59. The quantitative estimate of drug-likeness (QED) is 0.311. The molecule has 228 valence electrons. The van der Waals surface area contributed by atoms with Crippen LogP contribution in [0.4, 0.5) is 13.2 Å². The third-order valence-electron chi connectivity index (χ3n) is 9.32. The van der Waals surface area contributed by atoms with Gasteiger partial charge in [-0.1, -0.05) is 6.42 Å². The fourth-order valence-electron chi connectivity index (χ4n) is 7.33. The number of carbonyl (C=O) groups excluding carboxylic acids is 3. The van der Waals surface area contributed by atoms with E-state index in [1.165, 1.54) is 19.0 Å². The Balaban J connectivity index is 1.67. The molecule has 0 radical (unpaired) electrons. The van der Waals surface area contributed by atoms with Crippen molar-refractivity contribution < 1.29 is 48.0 Å². The Bertz CT molecular complexity index is 1450. The minimum absolute atomic E-state index is 0.110. The lowest BCUT2D eigenvalue weighted by molar-refractivity contribution is -0.153. The summed E-state index contributed by atoms with van der Waals surface area (Å²) in [5.41, 5.74) is -1.19. The maximum Gasteiger partial charge on any atom is 0.417 e. The number of nitrogens with two attached hydrogens (primary N) is 1. The molecule has 0 aromatic heterocycles. The van der Waals surface area contributed by atoms with Crippen molar-refractivity contribution in [1.82, 2.24) is 9.80 Å². The molecule has 13 heteroatoms. The number of Topliss-reactive ketones (excluding diaryl/α,β-unsaturated/α-hetero) is 2. The second kappa shape index (κ2) is 10.1. The SMILES string of the molecule is CN(Cc1cc(O)c2c(c1C(F)(F)F)C[C@H]1C[C@H]3[C@H](N(C)C)C(=O)C(C(N)=O)=C(O)[C@@]3(O)C(=O)C1=C2O)CC1CCC1. The molecule has 1 aromatic rings. The molecule has 0 unspecified atom stereocenters. The molecule has 6 N–H and O–H groups in total. The Kier molecular flexibility index (Phi) is 7.22. The summed E-state index contributed by atoms with van der Waals surface area (Å²) in [5.74, 6) is -8.56. The lowest BCUT2D eigenvalue weighted by Crippen LogP contribution is -2.65. The van der Waals surface area contributed by atoms with Crippen molar-refractivity contribution in [3.8, 4) is 5.75 Å². The molecule has 42 heavy (non-hydrogen) atoms. The monoisotopic (exact) mass is 593 g/mol. The predicted molar refractivity (Wildman–Crippen MR) is 143 cm³/mol. The predicted octanol–water partition coefficient (Wildman–Crippen LogP) is 2.21. The minimum atomic E-state index is -4.87. The van der Waals surface area contributed by atoms with Gasteiger partial charge in [-0.25, -0.2) is 0 Å². The minimum Gasteiger partial charge on any atom is -0.508 e. The Morgan fingerprint density at radius 3 is 2.31 bits per heavy atom. The number of nitrogens with zero attached hydrogens (tertiary/aromatic N) is 2. The number of benzene rings is 1. The van der Waals surface area contributed by atoms with Gasteiger partial charge in [0.15, 0.2) is 11.4 Å². The number of aliphatic hydroxyl groups is 3. The van der Waals surface area contributed by atoms with Gasteiger partial charge in [0.2, 0.25) is 5.78 Å². The standard InChI is InChI=1S/C29H34F3N3O7/c1-34(2)22-16-8-13-7-15-19(23(37)18(13)25(39)28(16,42)26(40)20(24(22)38)27(33)41)17(36)9-14(21(15)29(30,31)32)11-35(3)10-12-5-4-6-12/h9,12-13,16,22,36-37,40,42H,4-8,10-11H2,1-3H3,(H2,33,41)/t13-,16-,22-,28-/m0/s1. The van der Waals surface area contributed by atoms with Crippen molar-refractivity contribution in [2.45, 2.75) is 56.5 Å². The highest BCUT2D eigenvalue weighted by atomic mass is 19.4. The normalized spacial score (nSPS) is 28.2. The Morgan fingerprint density at radius 1 is 1.14 bits per heavy atom. The third-order valence-corrected chi connectivity index (χ3v) is 9.32. The van der Waals surface area contributed by atoms with E-state index in [4.69, 9.17) is 5.73 Å². The first-order valence-electron chi connectivity index (χ1n) is 13.8. The molecular weight excluding hydrogens is 559 g/mol. The number of phenols is 1. The number of hydrogen-bond donors (Lipinski definition) is 5. The summed E-state index contributed by atoms with van der Waals surface area (Å²) in [6, 6.07) is -0.394. The van der Waals surface area contributed by atoms with Crippen LogP contribution in [0.15, 0.2) is 23.0 Å². The summed E-state index contributed by atoms with van der Waals surface area (Å²) in [4.78, 5) is 42.2.